The Hall–Kier alpha value is -6.38. The van der Waals surface area contributed by atoms with E-state index < -0.39 is 64.5 Å². The topological polar surface area (TPSA) is 217 Å². The van der Waals surface area contributed by atoms with Gasteiger partial charge in [-0.3, -0.25) is 33.8 Å². The quantitative estimate of drug-likeness (QED) is 0.0757. The number of H-pyrrole nitrogens is 1. The van der Waals surface area contributed by atoms with Crippen molar-refractivity contribution in [3.05, 3.63) is 106 Å². The Balaban J connectivity index is 0.722. The molecular formula is C51H60F2N10O7S. The summed E-state index contributed by atoms with van der Waals surface area (Å²) < 4.78 is 36.5. The molecule has 9 rings (SSSR count). The highest BCUT2D eigenvalue weighted by Gasteiger charge is 2.78. The van der Waals surface area contributed by atoms with Crippen LogP contribution in [-0.4, -0.2) is 126 Å². The average molecular weight is 995 g/mol. The van der Waals surface area contributed by atoms with Crippen LogP contribution in [0, 0.1) is 29.6 Å². The highest BCUT2D eigenvalue weighted by molar-refractivity contribution is 7.13. The van der Waals surface area contributed by atoms with Crippen molar-refractivity contribution < 1.29 is 42.6 Å². The monoisotopic (exact) mass is 994 g/mol. The summed E-state index contributed by atoms with van der Waals surface area (Å²) in [5.74, 6) is -5.50. The Morgan fingerprint density at radius 1 is 1.01 bits per heavy atom. The van der Waals surface area contributed by atoms with E-state index in [-0.39, 0.29) is 82.0 Å². The van der Waals surface area contributed by atoms with Crippen molar-refractivity contribution in [1.29, 1.82) is 0 Å². The minimum absolute atomic E-state index is 0.00291. The Labute approximate surface area is 414 Å². The van der Waals surface area contributed by atoms with Crippen molar-refractivity contribution in [1.82, 2.24) is 45.4 Å². The van der Waals surface area contributed by atoms with Crippen molar-refractivity contribution in [2.45, 2.75) is 103 Å². The van der Waals surface area contributed by atoms with E-state index in [0.29, 0.717) is 30.0 Å². The van der Waals surface area contributed by atoms with Crippen LogP contribution in [0.3, 0.4) is 0 Å². The van der Waals surface area contributed by atoms with E-state index in [2.05, 4.69) is 36.2 Å². The number of ether oxygens (including phenoxy) is 1. The summed E-state index contributed by atoms with van der Waals surface area (Å²) in [6.45, 7) is 10.2. The van der Waals surface area contributed by atoms with Crippen molar-refractivity contribution in [3.8, 4) is 10.4 Å². The number of anilines is 1. The molecule has 20 heteroatoms. The molecule has 4 aliphatic rings. The van der Waals surface area contributed by atoms with Gasteiger partial charge in [0.2, 0.25) is 23.6 Å². The molecule has 71 heavy (non-hydrogen) atoms. The lowest BCUT2D eigenvalue weighted by atomic mass is 9.85. The molecule has 3 aromatic heterocycles. The van der Waals surface area contributed by atoms with E-state index in [9.17, 15) is 37.9 Å². The van der Waals surface area contributed by atoms with E-state index >= 15 is 0 Å². The third-order valence-electron chi connectivity index (χ3n) is 14.6. The van der Waals surface area contributed by atoms with Gasteiger partial charge >= 0.3 is 0 Å². The minimum atomic E-state index is -2.78. The fourth-order valence-electron chi connectivity index (χ4n) is 10.3. The predicted molar refractivity (Wildman–Crippen MR) is 259 cm³/mol. The summed E-state index contributed by atoms with van der Waals surface area (Å²) in [6.07, 6.45) is 2.67. The van der Waals surface area contributed by atoms with Crippen LogP contribution in [0.2, 0.25) is 0 Å². The van der Waals surface area contributed by atoms with Crippen LogP contribution >= 0.6 is 11.3 Å². The molecule has 17 nitrogen and oxygen atoms in total. The molecule has 3 fully saturated rings. The summed E-state index contributed by atoms with van der Waals surface area (Å²) in [6, 6.07) is 15.4. The zero-order chi connectivity index (χ0) is 50.4. The zero-order valence-electron chi connectivity index (χ0n) is 40.4. The first kappa shape index (κ1) is 49.6. The maximum atomic E-state index is 14.5. The molecule has 0 radical (unpaired) electrons. The maximum Gasteiger partial charge on any atom is 0.276 e. The van der Waals surface area contributed by atoms with Gasteiger partial charge < -0.3 is 35.6 Å². The summed E-state index contributed by atoms with van der Waals surface area (Å²) in [5, 5.41) is 30.8. The maximum absolute atomic E-state index is 14.5. The lowest BCUT2D eigenvalue weighted by Gasteiger charge is -2.43. The van der Waals surface area contributed by atoms with Crippen molar-refractivity contribution in [2.75, 3.05) is 38.2 Å². The van der Waals surface area contributed by atoms with Crippen LogP contribution in [0.4, 0.5) is 14.5 Å². The second-order valence-corrected chi connectivity index (χ2v) is 21.5. The number of carbonyl (C=O) groups excluding carboxylic acids is 5. The molecule has 2 unspecified atom stereocenters. The molecule has 2 aliphatic carbocycles. The second kappa shape index (κ2) is 19.7. The zero-order valence-corrected chi connectivity index (χ0v) is 41.2. The van der Waals surface area contributed by atoms with Gasteiger partial charge in [-0.25, -0.2) is 13.8 Å². The van der Waals surface area contributed by atoms with Gasteiger partial charge in [-0.2, -0.15) is 10.2 Å². The van der Waals surface area contributed by atoms with Crippen LogP contribution in [0.25, 0.3) is 10.4 Å². The number of nitrogens with zero attached hydrogens (tertiary/aromatic N) is 6. The molecule has 5 N–H and O–H groups in total. The predicted octanol–water partition coefficient (Wildman–Crippen LogP) is 5.31. The van der Waals surface area contributed by atoms with E-state index in [1.807, 2.05) is 82.3 Å². The first-order chi connectivity index (χ1) is 33.8. The van der Waals surface area contributed by atoms with Crippen molar-refractivity contribution >= 4 is 46.6 Å². The number of halogens is 2. The first-order valence-electron chi connectivity index (χ1n) is 24.1. The number of aliphatic hydroxyl groups excluding tert-OH is 1. The van der Waals surface area contributed by atoms with Crippen LogP contribution < -0.4 is 16.0 Å². The number of carbonyl (C=O) groups is 5. The standard InChI is InChI=1S/C51H60F2N10O7S/c1-29-44(71-28-55-29)32-13-11-30(12-14-32)22-54-46(67)38-19-35(64)27-62(38)48(69)45(49(2,3)4)58-40(65)15-17-70-18-16-41(66)61-24-33(25-61)43(31-9-7-6-8-10-31)63-26-34(23-56-63)57-47(68)42-36-20-39-50(5,51(39,52)53)21-37(36)59-60-42/h6-14,23,26,28,33,35,38-39,43,45,64H,15-22,24-25,27H2,1-5H3,(H,54,67)(H,57,68)(H,58,65)(H,59,60)/t35-,38+,39+,43?,45?,50-/m1/s1. The molecule has 0 bridgehead atoms. The number of aromatic amines is 1. The summed E-state index contributed by atoms with van der Waals surface area (Å²) >= 11 is 1.56. The minimum Gasteiger partial charge on any atom is -0.391 e. The molecule has 5 amide bonds. The molecule has 2 saturated heterocycles. The van der Waals surface area contributed by atoms with E-state index in [0.717, 1.165) is 27.3 Å². The fourth-order valence-corrected chi connectivity index (χ4v) is 11.2. The van der Waals surface area contributed by atoms with Gasteiger partial charge in [-0.1, -0.05) is 82.3 Å². The van der Waals surface area contributed by atoms with Gasteiger partial charge in [0.25, 0.3) is 11.8 Å². The number of benzene rings is 2. The smallest absolute Gasteiger partial charge is 0.276 e. The molecular weight excluding hydrogens is 935 g/mol. The SMILES string of the molecule is Cc1ncsc1-c1ccc(CNC(=O)[C@@H]2C[C@@H](O)CN2C(=O)C(NC(=O)CCOCCC(=O)N2CC(C(c3ccccc3)n3cc(NC(=O)c4n[nH]c5c4C[C@@H]4C(F)(F)[C@]4(C)C5)cn3)C2)C(C)(C)C)cc1. The van der Waals surface area contributed by atoms with Crippen molar-refractivity contribution in [2.24, 2.45) is 22.7 Å². The fraction of sp³-hybridized carbons (Fsp3) is 0.490. The number of likely N-dealkylation sites (tertiary alicyclic amines) is 2. The van der Waals surface area contributed by atoms with Gasteiger partial charge in [-0.15, -0.1) is 11.3 Å². The second-order valence-electron chi connectivity index (χ2n) is 20.6. The Morgan fingerprint density at radius 3 is 2.45 bits per heavy atom. The lowest BCUT2D eigenvalue weighted by molar-refractivity contribution is -0.144. The number of hydrogen-bond acceptors (Lipinski definition) is 11. The third kappa shape index (κ3) is 10.1. The number of β-amino-alcohol motifs (C(OH)–C–C–N with tert-alkyl or cyclic N) is 1. The molecule has 5 aromatic rings. The number of nitrogens with one attached hydrogen (secondary N) is 4. The Morgan fingerprint density at radius 2 is 1.75 bits per heavy atom. The van der Waals surface area contributed by atoms with Gasteiger partial charge in [0, 0.05) is 80.1 Å². The molecule has 2 aliphatic heterocycles. The van der Waals surface area contributed by atoms with Crippen LogP contribution in [0.15, 0.2) is 72.5 Å². The number of aliphatic hydroxyl groups is 1. The van der Waals surface area contributed by atoms with Gasteiger partial charge in [0.1, 0.15) is 12.1 Å². The summed E-state index contributed by atoms with van der Waals surface area (Å²) in [7, 11) is 0. The molecule has 6 atom stereocenters. The highest BCUT2D eigenvalue weighted by atomic mass is 32.1. The molecule has 0 spiro atoms. The lowest BCUT2D eigenvalue weighted by Crippen LogP contribution is -2.57. The van der Waals surface area contributed by atoms with E-state index in [1.54, 1.807) is 39.5 Å². The number of amides is 5. The van der Waals surface area contributed by atoms with Crippen LogP contribution in [0.5, 0.6) is 0 Å². The van der Waals surface area contributed by atoms with Gasteiger partial charge in [0.05, 0.1) is 59.7 Å². The number of rotatable bonds is 17. The van der Waals surface area contributed by atoms with Crippen molar-refractivity contribution in [3.63, 3.8) is 0 Å². The van der Waals surface area contributed by atoms with E-state index in [4.69, 9.17) is 4.74 Å². The van der Waals surface area contributed by atoms with Gasteiger partial charge in [-0.05, 0) is 35.4 Å². The van der Waals surface area contributed by atoms with E-state index in [1.165, 1.54) is 11.1 Å². The largest absolute Gasteiger partial charge is 0.391 e. The molecule has 1 saturated carbocycles. The Bertz CT molecular complexity index is 2790. The number of aryl methyl sites for hydroxylation is 1. The summed E-state index contributed by atoms with van der Waals surface area (Å²) in [4.78, 5) is 75.9. The van der Waals surface area contributed by atoms with Crippen LogP contribution in [-0.2, 0) is 43.3 Å². The number of alkyl halides is 2. The molecule has 376 valence electrons. The number of hydrogen-bond donors (Lipinski definition) is 5. The number of fused-ring (bicyclic) bond motifs is 2. The summed E-state index contributed by atoms with van der Waals surface area (Å²) in [5.41, 5.74) is 5.41. The third-order valence-corrected chi connectivity index (χ3v) is 15.6. The molecule has 5 heterocycles. The highest BCUT2D eigenvalue weighted by Crippen LogP contribution is 2.70. The number of aromatic nitrogens is 5. The van der Waals surface area contributed by atoms with Crippen LogP contribution in [0.1, 0.15) is 91.6 Å². The first-order valence-corrected chi connectivity index (χ1v) is 24.9. The number of thiazole rings is 1. The molecule has 2 aromatic carbocycles. The average Bonchev–Trinajstić information content (AvgIpc) is 4.04. The Kier molecular flexibility index (Phi) is 13.7. The normalized spacial score (nSPS) is 22.2. The van der Waals surface area contributed by atoms with Gasteiger partial charge in [0.15, 0.2) is 5.69 Å².